The van der Waals surface area contributed by atoms with Crippen molar-refractivity contribution in [1.29, 1.82) is 0 Å². The van der Waals surface area contributed by atoms with Crippen molar-refractivity contribution < 1.29 is 18.7 Å². The Morgan fingerprint density at radius 3 is 2.56 bits per heavy atom. The van der Waals surface area contributed by atoms with Gasteiger partial charge in [-0.3, -0.25) is 9.36 Å². The molecule has 9 heteroatoms. The van der Waals surface area contributed by atoms with Gasteiger partial charge < -0.3 is 24.7 Å². The summed E-state index contributed by atoms with van der Waals surface area (Å²) in [5, 5.41) is 5.54. The number of nitrogens with one attached hydrogen (secondary N) is 2. The van der Waals surface area contributed by atoms with Crippen molar-refractivity contribution in [2.45, 2.75) is 39.5 Å². The van der Waals surface area contributed by atoms with E-state index in [-0.39, 0.29) is 18.4 Å². The molecule has 9 nitrogen and oxygen atoms in total. The predicted molar refractivity (Wildman–Crippen MR) is 131 cm³/mol. The molecule has 0 aliphatic heterocycles. The average molecular weight is 469 g/mol. The molecule has 2 aromatic carbocycles. The number of carbonyl (C=O) groups is 2. The Morgan fingerprint density at radius 2 is 1.88 bits per heavy atom. The number of rotatable bonds is 10. The minimum Gasteiger partial charge on any atom is -0.445 e. The van der Waals surface area contributed by atoms with Crippen molar-refractivity contribution in [2.24, 2.45) is 5.92 Å². The summed E-state index contributed by atoms with van der Waals surface area (Å²) in [5.41, 5.74) is 2.41. The maximum Gasteiger partial charge on any atom is 0.419 e. The number of hydrogen-bond acceptors (Lipinski definition) is 6. The summed E-state index contributed by atoms with van der Waals surface area (Å²) in [5.74, 6) is -0.933. The van der Waals surface area contributed by atoms with Gasteiger partial charge >= 0.3 is 11.8 Å². The zero-order valence-corrected chi connectivity index (χ0v) is 20.0. The lowest BCUT2D eigenvalue weighted by Crippen LogP contribution is -2.47. The standard InChI is InChI=1S/C25H32N4O5/c1-5-17(2)22(27-24(31)33-16-18-9-7-6-8-10-18)23(30)26-19-11-12-21-20(15-19)29(25(32)34-21)14-13-28(3)4/h6-12,15,17,22H,5,13-14,16H2,1-4H3,(H,26,30)(H,27,31)/t17-,22-/m0/s1. The first-order chi connectivity index (χ1) is 16.3. The molecule has 3 rings (SSSR count). The van der Waals surface area contributed by atoms with Gasteiger partial charge in [-0.05, 0) is 43.8 Å². The van der Waals surface area contributed by atoms with Gasteiger partial charge in [0.25, 0.3) is 0 Å². The lowest BCUT2D eigenvalue weighted by atomic mass is 9.98. The second-order valence-corrected chi connectivity index (χ2v) is 8.56. The van der Waals surface area contributed by atoms with Crippen molar-refractivity contribution >= 4 is 28.8 Å². The Hall–Kier alpha value is -3.59. The van der Waals surface area contributed by atoms with Crippen LogP contribution in [0.4, 0.5) is 10.5 Å². The van der Waals surface area contributed by atoms with Crippen LogP contribution in [-0.2, 0) is 22.7 Å². The highest BCUT2D eigenvalue weighted by Crippen LogP contribution is 2.20. The zero-order chi connectivity index (χ0) is 24.7. The number of hydrogen-bond donors (Lipinski definition) is 2. The topological polar surface area (TPSA) is 106 Å². The van der Waals surface area contributed by atoms with Gasteiger partial charge in [-0.2, -0.15) is 0 Å². The van der Waals surface area contributed by atoms with Crippen LogP contribution in [0.3, 0.4) is 0 Å². The number of anilines is 1. The van der Waals surface area contributed by atoms with Gasteiger partial charge in [0, 0.05) is 18.8 Å². The molecule has 0 saturated heterocycles. The lowest BCUT2D eigenvalue weighted by Gasteiger charge is -2.23. The van der Waals surface area contributed by atoms with Crippen molar-refractivity contribution in [2.75, 3.05) is 26.0 Å². The van der Waals surface area contributed by atoms with E-state index in [1.165, 1.54) is 4.57 Å². The molecule has 2 N–H and O–H groups in total. The maximum atomic E-state index is 13.1. The van der Waals surface area contributed by atoms with E-state index >= 15 is 0 Å². The molecule has 0 aliphatic rings. The van der Waals surface area contributed by atoms with Gasteiger partial charge in [0.15, 0.2) is 5.58 Å². The van der Waals surface area contributed by atoms with E-state index in [9.17, 15) is 14.4 Å². The fourth-order valence-corrected chi connectivity index (χ4v) is 3.47. The molecule has 1 aromatic heterocycles. The first-order valence-electron chi connectivity index (χ1n) is 11.3. The zero-order valence-electron chi connectivity index (χ0n) is 20.0. The van der Waals surface area contributed by atoms with Gasteiger partial charge in [0.1, 0.15) is 12.6 Å². The molecule has 1 heterocycles. The second-order valence-electron chi connectivity index (χ2n) is 8.56. The Bertz CT molecular complexity index is 1170. The van der Waals surface area contributed by atoms with Crippen LogP contribution in [0.15, 0.2) is 57.7 Å². The summed E-state index contributed by atoms with van der Waals surface area (Å²) in [6.45, 7) is 5.07. The summed E-state index contributed by atoms with van der Waals surface area (Å²) in [7, 11) is 3.84. The first-order valence-corrected chi connectivity index (χ1v) is 11.3. The average Bonchev–Trinajstić information content (AvgIpc) is 3.14. The van der Waals surface area contributed by atoms with Crippen LogP contribution in [0.1, 0.15) is 25.8 Å². The predicted octanol–water partition coefficient (Wildman–Crippen LogP) is 3.44. The van der Waals surface area contributed by atoms with Crippen LogP contribution in [0.5, 0.6) is 0 Å². The highest BCUT2D eigenvalue weighted by molar-refractivity contribution is 5.98. The van der Waals surface area contributed by atoms with Gasteiger partial charge in [0.05, 0.1) is 5.52 Å². The van der Waals surface area contributed by atoms with E-state index in [0.717, 1.165) is 5.56 Å². The fourth-order valence-electron chi connectivity index (χ4n) is 3.47. The van der Waals surface area contributed by atoms with Gasteiger partial charge in [-0.25, -0.2) is 9.59 Å². The molecule has 3 aromatic rings. The fraction of sp³-hybridized carbons (Fsp3) is 0.400. The van der Waals surface area contributed by atoms with Crippen molar-refractivity contribution in [3.63, 3.8) is 0 Å². The minimum absolute atomic E-state index is 0.114. The SMILES string of the molecule is CC[C@H](C)[C@H](NC(=O)OCc1ccccc1)C(=O)Nc1ccc2oc(=O)n(CCN(C)C)c2c1. The van der Waals surface area contributed by atoms with Crippen LogP contribution in [0.2, 0.25) is 0 Å². The van der Waals surface area contributed by atoms with Crippen molar-refractivity contribution in [3.8, 4) is 0 Å². The summed E-state index contributed by atoms with van der Waals surface area (Å²) < 4.78 is 12.1. The van der Waals surface area contributed by atoms with Gasteiger partial charge in [-0.1, -0.05) is 50.6 Å². The van der Waals surface area contributed by atoms with Crippen LogP contribution < -0.4 is 16.4 Å². The molecule has 0 unspecified atom stereocenters. The summed E-state index contributed by atoms with van der Waals surface area (Å²) in [6, 6.07) is 13.6. The molecule has 34 heavy (non-hydrogen) atoms. The van der Waals surface area contributed by atoms with Crippen molar-refractivity contribution in [1.82, 2.24) is 14.8 Å². The summed E-state index contributed by atoms with van der Waals surface area (Å²) in [4.78, 5) is 39.7. The van der Waals surface area contributed by atoms with Crippen LogP contribution >= 0.6 is 0 Å². The molecule has 2 amide bonds. The number of alkyl carbamates (subject to hydrolysis) is 1. The highest BCUT2D eigenvalue weighted by Gasteiger charge is 2.27. The molecule has 0 bridgehead atoms. The molecular formula is C25H32N4O5. The number of benzene rings is 2. The third kappa shape index (κ3) is 6.48. The number of carbonyl (C=O) groups excluding carboxylic acids is 2. The third-order valence-electron chi connectivity index (χ3n) is 5.69. The number of oxazole rings is 1. The largest absolute Gasteiger partial charge is 0.445 e. The van der Waals surface area contributed by atoms with Crippen LogP contribution in [0.25, 0.3) is 11.1 Å². The lowest BCUT2D eigenvalue weighted by molar-refractivity contribution is -0.119. The molecular weight excluding hydrogens is 436 g/mol. The smallest absolute Gasteiger partial charge is 0.419 e. The summed E-state index contributed by atoms with van der Waals surface area (Å²) >= 11 is 0. The monoisotopic (exact) mass is 468 g/mol. The molecule has 0 spiro atoms. The Balaban J connectivity index is 1.71. The molecule has 0 saturated carbocycles. The van der Waals surface area contributed by atoms with E-state index in [2.05, 4.69) is 10.6 Å². The van der Waals surface area contributed by atoms with Crippen LogP contribution in [-0.4, -0.2) is 48.1 Å². The van der Waals surface area contributed by atoms with E-state index < -0.39 is 17.9 Å². The molecule has 0 radical (unpaired) electrons. The quantitative estimate of drug-likeness (QED) is 0.472. The van der Waals surface area contributed by atoms with Crippen molar-refractivity contribution in [3.05, 3.63) is 64.6 Å². The third-order valence-corrected chi connectivity index (χ3v) is 5.69. The number of likely N-dealkylation sites (N-methyl/N-ethyl adjacent to an activating group) is 1. The Kier molecular flexibility index (Phi) is 8.48. The van der Waals surface area contributed by atoms with E-state index in [1.54, 1.807) is 18.2 Å². The Morgan fingerprint density at radius 1 is 1.15 bits per heavy atom. The number of nitrogens with zero attached hydrogens (tertiary/aromatic N) is 2. The molecule has 2 atom stereocenters. The number of fused-ring (bicyclic) bond motifs is 1. The van der Waals surface area contributed by atoms with Gasteiger partial charge in [-0.15, -0.1) is 0 Å². The Labute approximate surface area is 198 Å². The number of amides is 2. The van der Waals surface area contributed by atoms with Crippen LogP contribution in [0, 0.1) is 5.92 Å². The van der Waals surface area contributed by atoms with E-state index in [4.69, 9.17) is 9.15 Å². The first kappa shape index (κ1) is 25.0. The number of aromatic nitrogens is 1. The minimum atomic E-state index is -0.788. The van der Waals surface area contributed by atoms with E-state index in [0.29, 0.717) is 36.3 Å². The second kappa shape index (κ2) is 11.5. The highest BCUT2D eigenvalue weighted by atomic mass is 16.5. The molecule has 182 valence electrons. The number of ether oxygens (including phenoxy) is 1. The van der Waals surface area contributed by atoms with E-state index in [1.807, 2.05) is 63.2 Å². The molecule has 0 aliphatic carbocycles. The molecule has 0 fully saturated rings. The normalized spacial score (nSPS) is 13.0. The maximum absolute atomic E-state index is 13.1. The van der Waals surface area contributed by atoms with Gasteiger partial charge in [0.2, 0.25) is 5.91 Å². The summed E-state index contributed by atoms with van der Waals surface area (Å²) in [6.07, 6.45) is 0.0224.